The smallest absolute Gasteiger partial charge is 0.284 e. The van der Waals surface area contributed by atoms with Gasteiger partial charge in [-0.2, -0.15) is 8.76 Å². The van der Waals surface area contributed by atoms with Crippen LogP contribution in [0, 0.1) is 0 Å². The van der Waals surface area contributed by atoms with Gasteiger partial charge in [-0.05, 0) is 54.1 Å². The molecule has 2 atom stereocenters. The highest BCUT2D eigenvalue weighted by Crippen LogP contribution is 2.27. The van der Waals surface area contributed by atoms with Crippen LogP contribution in [0.5, 0.6) is 0 Å². The van der Waals surface area contributed by atoms with E-state index in [1.165, 1.54) is 0 Å². The zero-order valence-electron chi connectivity index (χ0n) is 15.2. The predicted molar refractivity (Wildman–Crippen MR) is 119 cm³/mol. The highest BCUT2D eigenvalue weighted by atomic mass is 35.5. The third-order valence-corrected chi connectivity index (χ3v) is 6.14. The van der Waals surface area contributed by atoms with Crippen molar-refractivity contribution in [2.45, 2.75) is 6.10 Å². The van der Waals surface area contributed by atoms with Crippen molar-refractivity contribution in [2.75, 3.05) is 5.75 Å². The van der Waals surface area contributed by atoms with Crippen LogP contribution in [-0.2, 0) is 15.6 Å². The fourth-order valence-corrected chi connectivity index (χ4v) is 4.41. The van der Waals surface area contributed by atoms with E-state index in [1.807, 2.05) is 42.5 Å². The highest BCUT2D eigenvalue weighted by Gasteiger charge is 2.25. The molecule has 2 unspecified atom stereocenters. The Kier molecular flexibility index (Phi) is 6.09. The SMILES string of the molecule is O=C(N=S1CC(c2ccccc2)OC(c2ccc(Cl)cc2)=N1)c1ccc(Cl)cc1. The first-order valence-electron chi connectivity index (χ1n) is 8.87. The van der Waals surface area contributed by atoms with Gasteiger partial charge in [-0.15, -0.1) is 0 Å². The lowest BCUT2D eigenvalue weighted by Gasteiger charge is -2.25. The van der Waals surface area contributed by atoms with Crippen LogP contribution >= 0.6 is 23.2 Å². The van der Waals surface area contributed by atoms with Gasteiger partial charge in [-0.25, -0.2) is 0 Å². The number of halogens is 2. The molecular weight excluding hydrogens is 427 g/mol. The molecule has 146 valence electrons. The fraction of sp³-hybridized carbons (Fsp3) is 0.0909. The summed E-state index contributed by atoms with van der Waals surface area (Å²) in [6.07, 6.45) is -0.246. The van der Waals surface area contributed by atoms with E-state index in [4.69, 9.17) is 27.9 Å². The molecule has 3 aromatic rings. The lowest BCUT2D eigenvalue weighted by Crippen LogP contribution is -2.24. The summed E-state index contributed by atoms with van der Waals surface area (Å²) in [7, 11) is -0.875. The molecule has 0 N–H and O–H groups in total. The van der Waals surface area contributed by atoms with Gasteiger partial charge in [0.2, 0.25) is 5.90 Å². The number of carbonyl (C=O) groups excluding carboxylic acids is 1. The van der Waals surface area contributed by atoms with Crippen LogP contribution in [0.3, 0.4) is 0 Å². The quantitative estimate of drug-likeness (QED) is 0.494. The minimum absolute atomic E-state index is 0.246. The Morgan fingerprint density at radius 3 is 2.21 bits per heavy atom. The van der Waals surface area contributed by atoms with E-state index < -0.39 is 10.9 Å². The minimum Gasteiger partial charge on any atom is -0.468 e. The molecule has 0 aliphatic carbocycles. The fourth-order valence-electron chi connectivity index (χ4n) is 2.80. The summed E-state index contributed by atoms with van der Waals surface area (Å²) >= 11 is 11.9. The van der Waals surface area contributed by atoms with Crippen LogP contribution in [0.4, 0.5) is 0 Å². The Morgan fingerprint density at radius 2 is 1.55 bits per heavy atom. The van der Waals surface area contributed by atoms with Crippen molar-refractivity contribution in [3.63, 3.8) is 0 Å². The Labute approximate surface area is 181 Å². The van der Waals surface area contributed by atoms with E-state index >= 15 is 0 Å². The maximum Gasteiger partial charge on any atom is 0.284 e. The second kappa shape index (κ2) is 8.91. The number of nitrogens with zero attached hydrogens (tertiary/aromatic N) is 2. The third-order valence-electron chi connectivity index (χ3n) is 4.28. The topological polar surface area (TPSA) is 51.0 Å². The maximum atomic E-state index is 12.6. The van der Waals surface area contributed by atoms with E-state index in [-0.39, 0.29) is 12.0 Å². The summed E-state index contributed by atoms with van der Waals surface area (Å²) < 4.78 is 15.1. The van der Waals surface area contributed by atoms with Gasteiger partial charge >= 0.3 is 0 Å². The molecule has 0 saturated heterocycles. The molecule has 1 amide bonds. The van der Waals surface area contributed by atoms with E-state index in [1.54, 1.807) is 36.4 Å². The molecule has 4 rings (SSSR count). The van der Waals surface area contributed by atoms with Crippen LogP contribution in [0.25, 0.3) is 0 Å². The van der Waals surface area contributed by atoms with Crippen LogP contribution < -0.4 is 0 Å². The van der Waals surface area contributed by atoms with Gasteiger partial charge in [-0.3, -0.25) is 4.79 Å². The molecule has 0 spiro atoms. The van der Waals surface area contributed by atoms with Crippen molar-refractivity contribution < 1.29 is 9.53 Å². The zero-order chi connectivity index (χ0) is 20.2. The normalized spacial score (nSPS) is 18.8. The first-order chi connectivity index (χ1) is 14.1. The number of ether oxygens (including phenoxy) is 1. The molecule has 0 radical (unpaired) electrons. The average molecular weight is 443 g/mol. The van der Waals surface area contributed by atoms with Crippen molar-refractivity contribution in [1.82, 2.24) is 0 Å². The van der Waals surface area contributed by atoms with E-state index in [2.05, 4.69) is 8.76 Å². The van der Waals surface area contributed by atoms with Gasteiger partial charge in [-0.1, -0.05) is 53.5 Å². The highest BCUT2D eigenvalue weighted by molar-refractivity contribution is 7.86. The molecule has 1 aliphatic heterocycles. The largest absolute Gasteiger partial charge is 0.468 e. The number of hydrogen-bond acceptors (Lipinski definition) is 2. The Bertz CT molecular complexity index is 1080. The minimum atomic E-state index is -0.875. The van der Waals surface area contributed by atoms with Crippen molar-refractivity contribution in [3.05, 3.63) is 106 Å². The van der Waals surface area contributed by atoms with E-state index in [0.29, 0.717) is 27.3 Å². The van der Waals surface area contributed by atoms with Crippen LogP contribution in [0.1, 0.15) is 27.6 Å². The third kappa shape index (κ3) is 4.93. The Hall–Kier alpha value is -2.47. The molecular formula is C22H16Cl2N2O2S. The maximum absolute atomic E-state index is 12.6. The first kappa shape index (κ1) is 19.8. The number of benzene rings is 3. The summed E-state index contributed by atoms with van der Waals surface area (Å²) in [6.45, 7) is 0. The van der Waals surface area contributed by atoms with E-state index in [0.717, 1.165) is 11.1 Å². The molecule has 0 aromatic heterocycles. The number of hydrogen-bond donors (Lipinski definition) is 0. The monoisotopic (exact) mass is 442 g/mol. The molecule has 1 heterocycles. The van der Waals surface area contributed by atoms with Crippen LogP contribution in [0.2, 0.25) is 10.0 Å². The average Bonchev–Trinajstić information content (AvgIpc) is 2.75. The lowest BCUT2D eigenvalue weighted by atomic mass is 10.1. The number of amides is 1. The standard InChI is InChI=1S/C22H16Cl2N2O2S/c23-18-10-6-16(7-11-18)21(27)25-29-14-20(15-4-2-1-3-5-15)28-22(26-29)17-8-12-19(24)13-9-17/h1-13,20H,14H2. The van der Waals surface area contributed by atoms with Crippen molar-refractivity contribution in [2.24, 2.45) is 8.76 Å². The van der Waals surface area contributed by atoms with Crippen molar-refractivity contribution in [1.29, 1.82) is 0 Å². The summed E-state index contributed by atoms with van der Waals surface area (Å²) in [5.41, 5.74) is 2.29. The van der Waals surface area contributed by atoms with Gasteiger partial charge in [0.15, 0.2) is 0 Å². The van der Waals surface area contributed by atoms with Crippen LogP contribution in [-0.4, -0.2) is 17.6 Å². The van der Waals surface area contributed by atoms with Gasteiger partial charge in [0.1, 0.15) is 6.10 Å². The molecule has 3 aromatic carbocycles. The second-order valence-corrected chi connectivity index (χ2v) is 8.58. The summed E-state index contributed by atoms with van der Waals surface area (Å²) in [5.74, 6) is 0.635. The number of carbonyl (C=O) groups is 1. The van der Waals surface area contributed by atoms with Gasteiger partial charge in [0.05, 0.1) is 5.75 Å². The summed E-state index contributed by atoms with van der Waals surface area (Å²) in [6, 6.07) is 23.8. The lowest BCUT2D eigenvalue weighted by molar-refractivity contribution is 0.100. The second-order valence-electron chi connectivity index (χ2n) is 6.33. The van der Waals surface area contributed by atoms with Crippen molar-refractivity contribution >= 4 is 45.9 Å². The van der Waals surface area contributed by atoms with Crippen LogP contribution in [0.15, 0.2) is 87.6 Å². The molecule has 1 aliphatic rings. The van der Waals surface area contributed by atoms with Gasteiger partial charge in [0, 0.05) is 32.0 Å². The van der Waals surface area contributed by atoms with E-state index in [9.17, 15) is 4.79 Å². The first-order valence-corrected chi connectivity index (χ1v) is 10.9. The Morgan fingerprint density at radius 1 is 0.931 bits per heavy atom. The summed E-state index contributed by atoms with van der Waals surface area (Å²) in [4.78, 5) is 12.6. The molecule has 4 nitrogen and oxygen atoms in total. The van der Waals surface area contributed by atoms with Gasteiger partial charge in [0.25, 0.3) is 5.91 Å². The molecule has 0 saturated carbocycles. The molecule has 29 heavy (non-hydrogen) atoms. The Balaban J connectivity index is 1.70. The van der Waals surface area contributed by atoms with Gasteiger partial charge < -0.3 is 4.74 Å². The zero-order valence-corrected chi connectivity index (χ0v) is 17.5. The predicted octanol–water partition coefficient (Wildman–Crippen LogP) is 6.07. The molecule has 7 heteroatoms. The molecule has 0 bridgehead atoms. The summed E-state index contributed by atoms with van der Waals surface area (Å²) in [5, 5.41) is 1.20. The molecule has 0 fully saturated rings. The number of rotatable bonds is 3. The van der Waals surface area contributed by atoms with Crippen molar-refractivity contribution in [3.8, 4) is 0 Å².